The Morgan fingerprint density at radius 3 is 2.80 bits per heavy atom. The summed E-state index contributed by atoms with van der Waals surface area (Å²) in [6.07, 6.45) is 0. The summed E-state index contributed by atoms with van der Waals surface area (Å²) in [7, 11) is 1.59. The van der Waals surface area contributed by atoms with Gasteiger partial charge in [-0.2, -0.15) is 0 Å². The maximum absolute atomic E-state index is 12.0. The number of anilines is 1. The first kappa shape index (κ1) is 17.4. The highest BCUT2D eigenvalue weighted by Gasteiger charge is 2.14. The second kappa shape index (κ2) is 7.62. The number of esters is 1. The van der Waals surface area contributed by atoms with Crippen LogP contribution in [0.1, 0.15) is 10.4 Å². The highest BCUT2D eigenvalue weighted by atomic mass is 79.9. The Morgan fingerprint density at radius 1 is 1.24 bits per heavy atom. The van der Waals surface area contributed by atoms with E-state index in [1.165, 1.54) is 11.3 Å². The molecule has 1 amide bonds. The summed E-state index contributed by atoms with van der Waals surface area (Å²) < 4.78 is 11.7. The number of hydrogen-bond donors (Lipinski definition) is 1. The molecule has 0 saturated carbocycles. The van der Waals surface area contributed by atoms with E-state index in [1.54, 1.807) is 37.4 Å². The lowest BCUT2D eigenvalue weighted by Gasteiger charge is -2.05. The highest BCUT2D eigenvalue weighted by Crippen LogP contribution is 2.29. The van der Waals surface area contributed by atoms with E-state index in [-0.39, 0.29) is 6.61 Å². The van der Waals surface area contributed by atoms with Gasteiger partial charge in [0.15, 0.2) is 11.7 Å². The number of hydrogen-bond acceptors (Lipinski definition) is 6. The van der Waals surface area contributed by atoms with Crippen LogP contribution in [0.25, 0.3) is 10.2 Å². The summed E-state index contributed by atoms with van der Waals surface area (Å²) in [5, 5.41) is 3.06. The Morgan fingerprint density at radius 2 is 2.04 bits per heavy atom. The van der Waals surface area contributed by atoms with E-state index in [0.29, 0.717) is 15.2 Å². The second-order valence-electron chi connectivity index (χ2n) is 4.96. The molecule has 0 atom stereocenters. The molecule has 0 saturated heterocycles. The Balaban J connectivity index is 1.61. The summed E-state index contributed by atoms with van der Waals surface area (Å²) >= 11 is 4.59. The molecule has 3 aromatic rings. The average Bonchev–Trinajstić information content (AvgIpc) is 3.01. The number of carbonyl (C=O) groups excluding carboxylic acids is 2. The highest BCUT2D eigenvalue weighted by molar-refractivity contribution is 9.10. The molecule has 0 unspecified atom stereocenters. The molecule has 0 aliphatic rings. The number of methoxy groups -OCH3 is 1. The van der Waals surface area contributed by atoms with Gasteiger partial charge in [-0.3, -0.25) is 10.1 Å². The Bertz CT molecular complexity index is 941. The van der Waals surface area contributed by atoms with Crippen LogP contribution in [0, 0.1) is 0 Å². The third-order valence-electron chi connectivity index (χ3n) is 3.27. The van der Waals surface area contributed by atoms with Crippen molar-refractivity contribution in [3.05, 3.63) is 52.5 Å². The monoisotopic (exact) mass is 420 g/mol. The van der Waals surface area contributed by atoms with Crippen LogP contribution in [0.2, 0.25) is 0 Å². The Labute approximate surface area is 155 Å². The minimum Gasteiger partial charge on any atom is -0.497 e. The van der Waals surface area contributed by atoms with Gasteiger partial charge >= 0.3 is 5.97 Å². The van der Waals surface area contributed by atoms with Crippen LogP contribution >= 0.6 is 27.3 Å². The summed E-state index contributed by atoms with van der Waals surface area (Å²) in [5.74, 6) is -0.306. The molecule has 0 spiro atoms. The average molecular weight is 421 g/mol. The van der Waals surface area contributed by atoms with E-state index in [4.69, 9.17) is 9.47 Å². The summed E-state index contributed by atoms with van der Waals surface area (Å²) in [6, 6.07) is 12.3. The first-order chi connectivity index (χ1) is 12.1. The van der Waals surface area contributed by atoms with Gasteiger partial charge in [0.05, 0.1) is 22.9 Å². The smallest absolute Gasteiger partial charge is 0.339 e. The van der Waals surface area contributed by atoms with Crippen LogP contribution in [0.3, 0.4) is 0 Å². The molecule has 0 aliphatic carbocycles. The van der Waals surface area contributed by atoms with E-state index in [1.807, 2.05) is 12.1 Å². The van der Waals surface area contributed by atoms with Gasteiger partial charge in [-0.15, -0.1) is 0 Å². The molecule has 2 aromatic carbocycles. The number of fused-ring (bicyclic) bond motifs is 1. The number of carbonyl (C=O) groups is 2. The molecule has 0 bridgehead atoms. The number of aromatic nitrogens is 1. The normalized spacial score (nSPS) is 10.5. The van der Waals surface area contributed by atoms with E-state index >= 15 is 0 Å². The van der Waals surface area contributed by atoms with Crippen molar-refractivity contribution >= 4 is 54.5 Å². The fourth-order valence-corrected chi connectivity index (χ4v) is 3.43. The van der Waals surface area contributed by atoms with Crippen molar-refractivity contribution in [1.82, 2.24) is 4.98 Å². The van der Waals surface area contributed by atoms with Crippen molar-refractivity contribution < 1.29 is 19.1 Å². The third kappa shape index (κ3) is 4.15. The summed E-state index contributed by atoms with van der Waals surface area (Å²) in [6.45, 7) is -0.389. The number of benzene rings is 2. The van der Waals surface area contributed by atoms with Gasteiger partial charge in [-0.05, 0) is 46.3 Å². The molecule has 25 heavy (non-hydrogen) atoms. The zero-order valence-corrected chi connectivity index (χ0v) is 15.5. The zero-order chi connectivity index (χ0) is 17.8. The molecular weight excluding hydrogens is 408 g/mol. The molecule has 0 fully saturated rings. The van der Waals surface area contributed by atoms with E-state index in [9.17, 15) is 9.59 Å². The second-order valence-corrected chi connectivity index (χ2v) is 6.84. The largest absolute Gasteiger partial charge is 0.497 e. The predicted octanol–water partition coefficient (Wildman–Crippen LogP) is 3.86. The molecule has 3 rings (SSSR count). The van der Waals surface area contributed by atoms with Gasteiger partial charge in [0.25, 0.3) is 5.91 Å². The fraction of sp³-hybridized carbons (Fsp3) is 0.118. The van der Waals surface area contributed by atoms with Crippen LogP contribution in [-0.4, -0.2) is 30.6 Å². The van der Waals surface area contributed by atoms with E-state index in [2.05, 4.69) is 26.2 Å². The SMILES string of the molecule is COc1ccc2nc(NC(=O)COC(=O)c3ccccc3Br)sc2c1. The van der Waals surface area contributed by atoms with Crippen molar-refractivity contribution in [2.24, 2.45) is 0 Å². The van der Waals surface area contributed by atoms with Crippen LogP contribution in [0.5, 0.6) is 5.75 Å². The number of nitrogens with zero attached hydrogens (tertiary/aromatic N) is 1. The van der Waals surface area contributed by atoms with Crippen molar-refractivity contribution in [2.75, 3.05) is 19.0 Å². The molecule has 1 N–H and O–H groups in total. The molecule has 6 nitrogen and oxygen atoms in total. The molecule has 128 valence electrons. The quantitative estimate of drug-likeness (QED) is 0.633. The van der Waals surface area contributed by atoms with Gasteiger partial charge < -0.3 is 9.47 Å². The van der Waals surface area contributed by atoms with Crippen LogP contribution in [0.4, 0.5) is 5.13 Å². The van der Waals surface area contributed by atoms with Crippen molar-refractivity contribution in [3.8, 4) is 5.75 Å². The molecule has 0 aliphatic heterocycles. The van der Waals surface area contributed by atoms with Crippen molar-refractivity contribution in [2.45, 2.75) is 0 Å². The number of halogens is 1. The standard InChI is InChI=1S/C17H13BrN2O4S/c1-23-10-6-7-13-14(8-10)25-17(19-13)20-15(21)9-24-16(22)11-4-2-3-5-12(11)18/h2-8H,9H2,1H3,(H,19,20,21). The topological polar surface area (TPSA) is 77.5 Å². The fourth-order valence-electron chi connectivity index (χ4n) is 2.08. The van der Waals surface area contributed by atoms with Gasteiger partial charge in [0.2, 0.25) is 0 Å². The molecule has 8 heteroatoms. The molecule has 1 heterocycles. The minimum absolute atomic E-state index is 0.363. The van der Waals surface area contributed by atoms with Crippen LogP contribution < -0.4 is 10.1 Å². The van der Waals surface area contributed by atoms with Crippen molar-refractivity contribution in [1.29, 1.82) is 0 Å². The molecular formula is C17H13BrN2O4S. The predicted molar refractivity (Wildman–Crippen MR) is 99.2 cm³/mol. The molecule has 1 aromatic heterocycles. The van der Waals surface area contributed by atoms with E-state index in [0.717, 1.165) is 16.0 Å². The lowest BCUT2D eigenvalue weighted by Crippen LogP contribution is -2.21. The number of amides is 1. The van der Waals surface area contributed by atoms with Gasteiger partial charge in [0.1, 0.15) is 5.75 Å². The zero-order valence-electron chi connectivity index (χ0n) is 13.1. The minimum atomic E-state index is -0.573. The number of ether oxygens (including phenoxy) is 2. The van der Waals surface area contributed by atoms with Gasteiger partial charge in [0, 0.05) is 4.47 Å². The number of nitrogens with one attached hydrogen (secondary N) is 1. The Hall–Kier alpha value is -2.45. The molecule has 0 radical (unpaired) electrons. The van der Waals surface area contributed by atoms with Crippen LogP contribution in [-0.2, 0) is 9.53 Å². The third-order valence-corrected chi connectivity index (χ3v) is 4.90. The maximum atomic E-state index is 12.0. The summed E-state index contributed by atoms with van der Waals surface area (Å²) in [5.41, 5.74) is 1.12. The Kier molecular flexibility index (Phi) is 5.30. The maximum Gasteiger partial charge on any atom is 0.339 e. The van der Waals surface area contributed by atoms with Gasteiger partial charge in [-0.25, -0.2) is 9.78 Å². The van der Waals surface area contributed by atoms with Gasteiger partial charge in [-0.1, -0.05) is 23.5 Å². The first-order valence-corrected chi connectivity index (χ1v) is 8.84. The number of thiazole rings is 1. The van der Waals surface area contributed by atoms with Crippen molar-refractivity contribution in [3.63, 3.8) is 0 Å². The lowest BCUT2D eigenvalue weighted by atomic mass is 10.2. The van der Waals surface area contributed by atoms with Crippen LogP contribution in [0.15, 0.2) is 46.9 Å². The first-order valence-electron chi connectivity index (χ1n) is 7.23. The van der Waals surface area contributed by atoms with E-state index < -0.39 is 11.9 Å². The lowest BCUT2D eigenvalue weighted by molar-refractivity contribution is -0.119. The number of rotatable bonds is 5. The summed E-state index contributed by atoms with van der Waals surface area (Å²) in [4.78, 5) is 28.3.